The van der Waals surface area contributed by atoms with Gasteiger partial charge < -0.3 is 9.47 Å². The topological polar surface area (TPSA) is 25.2 Å². The second kappa shape index (κ2) is 6.10. The number of aryl methyl sites for hydroxylation is 1. The number of likely N-dealkylation sites (tertiary alicyclic amines) is 1. The molecule has 1 atom stereocenters. The number of fused-ring (bicyclic) bond motifs is 1. The van der Waals surface area contributed by atoms with Gasteiger partial charge in [-0.1, -0.05) is 34.1 Å². The molecule has 1 aliphatic rings. The van der Waals surface area contributed by atoms with Crippen molar-refractivity contribution >= 4 is 32.7 Å². The third-order valence-corrected chi connectivity index (χ3v) is 5.50. The Hall–Kier alpha value is -2.07. The summed E-state index contributed by atoms with van der Waals surface area (Å²) in [5.74, 6) is 0.533. The monoisotopic (exact) mass is 382 g/mol. The predicted molar refractivity (Wildman–Crippen MR) is 100 cm³/mol. The Balaban J connectivity index is 1.56. The molecule has 3 nitrogen and oxygen atoms in total. The van der Waals surface area contributed by atoms with E-state index < -0.39 is 0 Å². The Bertz CT molecular complexity index is 898. The average Bonchev–Trinajstić information content (AvgIpc) is 3.20. The van der Waals surface area contributed by atoms with Crippen molar-refractivity contribution in [3.63, 3.8) is 0 Å². The van der Waals surface area contributed by atoms with Crippen LogP contribution in [-0.2, 0) is 7.05 Å². The maximum absolute atomic E-state index is 12.7. The summed E-state index contributed by atoms with van der Waals surface area (Å²) in [5, 5.41) is 1.27. The van der Waals surface area contributed by atoms with Gasteiger partial charge in [-0.05, 0) is 48.2 Å². The van der Waals surface area contributed by atoms with E-state index in [2.05, 4.69) is 57.9 Å². The van der Waals surface area contributed by atoms with Crippen LogP contribution in [0, 0.1) is 0 Å². The van der Waals surface area contributed by atoms with Crippen molar-refractivity contribution in [1.29, 1.82) is 0 Å². The highest BCUT2D eigenvalue weighted by atomic mass is 79.9. The fraction of sp³-hybridized carbons (Fsp3) is 0.250. The molecule has 0 N–H and O–H groups in total. The lowest BCUT2D eigenvalue weighted by Crippen LogP contribution is -2.28. The van der Waals surface area contributed by atoms with Gasteiger partial charge >= 0.3 is 0 Å². The Labute approximate surface area is 150 Å². The quantitative estimate of drug-likeness (QED) is 0.637. The van der Waals surface area contributed by atoms with E-state index in [9.17, 15) is 4.79 Å². The number of hydrogen-bond donors (Lipinski definition) is 0. The highest BCUT2D eigenvalue weighted by Gasteiger charge is 2.29. The van der Waals surface area contributed by atoms with E-state index in [4.69, 9.17) is 0 Å². The lowest BCUT2D eigenvalue weighted by Gasteiger charge is -2.17. The number of nitrogens with zero attached hydrogens (tertiary/aromatic N) is 2. The van der Waals surface area contributed by atoms with Crippen molar-refractivity contribution in [2.45, 2.75) is 12.3 Å². The molecule has 122 valence electrons. The van der Waals surface area contributed by atoms with Crippen molar-refractivity contribution in [3.05, 3.63) is 70.3 Å². The zero-order valence-electron chi connectivity index (χ0n) is 13.6. The molecule has 24 heavy (non-hydrogen) atoms. The third-order valence-electron chi connectivity index (χ3n) is 4.97. The zero-order chi connectivity index (χ0) is 16.7. The van der Waals surface area contributed by atoms with Crippen molar-refractivity contribution in [1.82, 2.24) is 9.47 Å². The molecule has 0 saturated carbocycles. The molecule has 0 bridgehead atoms. The number of carbonyl (C=O) groups is 1. The van der Waals surface area contributed by atoms with Gasteiger partial charge in [0.2, 0.25) is 0 Å². The van der Waals surface area contributed by atoms with Crippen LogP contribution in [0.5, 0.6) is 0 Å². The second-order valence-electron chi connectivity index (χ2n) is 6.43. The molecule has 1 aromatic heterocycles. The Kier molecular flexibility index (Phi) is 3.93. The van der Waals surface area contributed by atoms with Gasteiger partial charge in [0.25, 0.3) is 5.91 Å². The molecule has 0 aliphatic carbocycles. The van der Waals surface area contributed by atoms with Crippen molar-refractivity contribution < 1.29 is 4.79 Å². The van der Waals surface area contributed by atoms with E-state index in [-0.39, 0.29) is 5.91 Å². The van der Waals surface area contributed by atoms with Gasteiger partial charge in [0.15, 0.2) is 0 Å². The first-order chi connectivity index (χ1) is 11.6. The first-order valence-electron chi connectivity index (χ1n) is 8.22. The minimum Gasteiger partial charge on any atom is -0.347 e. The number of carbonyl (C=O) groups excluding carboxylic acids is 1. The minimum absolute atomic E-state index is 0.128. The molecule has 0 spiro atoms. The van der Waals surface area contributed by atoms with E-state index in [1.165, 1.54) is 16.6 Å². The molecule has 2 heterocycles. The maximum Gasteiger partial charge on any atom is 0.253 e. The summed E-state index contributed by atoms with van der Waals surface area (Å²) >= 11 is 3.42. The lowest BCUT2D eigenvalue weighted by molar-refractivity contribution is 0.0790. The minimum atomic E-state index is 0.128. The van der Waals surface area contributed by atoms with Gasteiger partial charge in [0, 0.05) is 47.3 Å². The molecule has 3 aromatic rings. The predicted octanol–water partition coefficient (Wildman–Crippen LogP) is 4.57. The van der Waals surface area contributed by atoms with Gasteiger partial charge in [0.1, 0.15) is 0 Å². The highest BCUT2D eigenvalue weighted by molar-refractivity contribution is 9.10. The highest BCUT2D eigenvalue weighted by Crippen LogP contribution is 2.31. The number of hydrogen-bond acceptors (Lipinski definition) is 1. The van der Waals surface area contributed by atoms with E-state index in [1.54, 1.807) is 0 Å². The van der Waals surface area contributed by atoms with Crippen molar-refractivity contribution in [2.75, 3.05) is 13.1 Å². The third kappa shape index (κ3) is 2.65. The molecule has 1 aliphatic heterocycles. The summed E-state index contributed by atoms with van der Waals surface area (Å²) in [4.78, 5) is 14.7. The fourth-order valence-corrected chi connectivity index (χ4v) is 3.93. The van der Waals surface area contributed by atoms with Crippen molar-refractivity contribution in [2.24, 2.45) is 7.05 Å². The van der Waals surface area contributed by atoms with Crippen LogP contribution in [0.3, 0.4) is 0 Å². The lowest BCUT2D eigenvalue weighted by atomic mass is 10.0. The largest absolute Gasteiger partial charge is 0.347 e. The molecule has 0 radical (unpaired) electrons. The number of halogens is 1. The number of benzene rings is 2. The van der Waals surface area contributed by atoms with Gasteiger partial charge in [-0.3, -0.25) is 4.79 Å². The first kappa shape index (κ1) is 15.5. The smallest absolute Gasteiger partial charge is 0.253 e. The van der Waals surface area contributed by atoms with Crippen LogP contribution in [0.4, 0.5) is 0 Å². The Morgan fingerprint density at radius 2 is 1.88 bits per heavy atom. The standard InChI is InChI=1S/C20H19BrN2O/c1-22-18-5-3-2-4-15(18)12-19(22)16-10-11-23(13-16)20(24)14-6-8-17(21)9-7-14/h2-9,12,16H,10-11,13H2,1H3. The van der Waals surface area contributed by atoms with Crippen molar-refractivity contribution in [3.8, 4) is 0 Å². The molecule has 1 fully saturated rings. The number of amides is 1. The Morgan fingerprint density at radius 3 is 2.62 bits per heavy atom. The maximum atomic E-state index is 12.7. The first-order valence-corrected chi connectivity index (χ1v) is 9.02. The number of para-hydroxylation sites is 1. The second-order valence-corrected chi connectivity index (χ2v) is 7.35. The van der Waals surface area contributed by atoms with Gasteiger partial charge in [0.05, 0.1) is 0 Å². The molecule has 1 unspecified atom stereocenters. The summed E-state index contributed by atoms with van der Waals surface area (Å²) in [7, 11) is 2.12. The summed E-state index contributed by atoms with van der Waals surface area (Å²) in [6.07, 6.45) is 1.02. The molecule has 4 heteroatoms. The summed E-state index contributed by atoms with van der Waals surface area (Å²) in [6.45, 7) is 1.61. The number of rotatable bonds is 2. The average molecular weight is 383 g/mol. The van der Waals surface area contributed by atoms with E-state index >= 15 is 0 Å². The van der Waals surface area contributed by atoms with Gasteiger partial charge in [-0.15, -0.1) is 0 Å². The van der Waals surface area contributed by atoms with Crippen LogP contribution in [0.1, 0.15) is 28.4 Å². The fourth-order valence-electron chi connectivity index (χ4n) is 3.66. The van der Waals surface area contributed by atoms with Crippen LogP contribution in [0.2, 0.25) is 0 Å². The molecular weight excluding hydrogens is 364 g/mol. The summed E-state index contributed by atoms with van der Waals surface area (Å²) in [5.41, 5.74) is 3.34. The van der Waals surface area contributed by atoms with E-state index in [0.29, 0.717) is 5.92 Å². The zero-order valence-corrected chi connectivity index (χ0v) is 15.2. The van der Waals surface area contributed by atoms with Crippen LogP contribution < -0.4 is 0 Å². The van der Waals surface area contributed by atoms with Crippen LogP contribution in [0.15, 0.2) is 59.1 Å². The molecule has 2 aromatic carbocycles. The molecule has 1 saturated heterocycles. The molecule has 1 amide bonds. The molecule has 4 rings (SSSR count). The molecular formula is C20H19BrN2O. The Morgan fingerprint density at radius 1 is 1.12 bits per heavy atom. The van der Waals surface area contributed by atoms with E-state index in [1.807, 2.05) is 29.2 Å². The van der Waals surface area contributed by atoms with Crippen LogP contribution in [0.25, 0.3) is 10.9 Å². The summed E-state index contributed by atoms with van der Waals surface area (Å²) < 4.78 is 3.27. The van der Waals surface area contributed by atoms with Gasteiger partial charge in [-0.25, -0.2) is 0 Å². The van der Waals surface area contributed by atoms with Crippen LogP contribution >= 0.6 is 15.9 Å². The van der Waals surface area contributed by atoms with Crippen LogP contribution in [-0.4, -0.2) is 28.5 Å². The SMILES string of the molecule is Cn1c(C2CCN(C(=O)c3ccc(Br)cc3)C2)cc2ccccc21. The van der Waals surface area contributed by atoms with E-state index in [0.717, 1.165) is 29.5 Å². The normalized spacial score (nSPS) is 17.6. The van der Waals surface area contributed by atoms with Gasteiger partial charge in [-0.2, -0.15) is 0 Å². The number of aromatic nitrogens is 1. The summed E-state index contributed by atoms with van der Waals surface area (Å²) in [6, 6.07) is 18.3.